The Balaban J connectivity index is 1.44. The number of fused-ring (bicyclic) bond motifs is 1. The number of allylic oxidation sites excluding steroid dienone is 1. The Hall–Kier alpha value is -4.35. The lowest BCUT2D eigenvalue weighted by Crippen LogP contribution is -2.39. The maximum absolute atomic E-state index is 13.7. The number of ether oxygens (including phenoxy) is 2. The van der Waals surface area contributed by atoms with E-state index in [0.717, 1.165) is 21.2 Å². The molecule has 5 rings (SSSR count). The number of nitro groups is 1. The lowest BCUT2D eigenvalue weighted by atomic mass is 9.96. The van der Waals surface area contributed by atoms with Crippen molar-refractivity contribution in [1.29, 1.82) is 0 Å². The second kappa shape index (κ2) is 12.0. The first-order valence-corrected chi connectivity index (χ1v) is 14.3. The SMILES string of the molecule is CCOC(=O)C1=C(C)N=c2s/c(=C\c3ccc(OCc4ccc([N+](=O)[O-])cc4)cc3)c(=O)n2[C@@H]1c1ccc(Br)cc1. The van der Waals surface area contributed by atoms with E-state index in [9.17, 15) is 19.7 Å². The standard InChI is InChI=1S/C30H24BrN3O6S/c1-3-39-29(36)26-18(2)32-30-33(27(26)21-8-10-22(31)11-9-21)28(35)25(41-30)16-19-6-14-24(15-7-19)40-17-20-4-12-23(13-5-20)34(37)38/h4-16,27H,3,17H2,1-2H3/b25-16-/t27-/m1/s1. The van der Waals surface area contributed by atoms with E-state index in [2.05, 4.69) is 20.9 Å². The lowest BCUT2D eigenvalue weighted by Gasteiger charge is -2.24. The second-order valence-electron chi connectivity index (χ2n) is 9.14. The molecule has 0 bridgehead atoms. The van der Waals surface area contributed by atoms with Gasteiger partial charge in [0.25, 0.3) is 11.2 Å². The first-order chi connectivity index (χ1) is 19.7. The van der Waals surface area contributed by atoms with E-state index in [4.69, 9.17) is 9.47 Å². The predicted molar refractivity (Wildman–Crippen MR) is 158 cm³/mol. The quantitative estimate of drug-likeness (QED) is 0.152. The van der Waals surface area contributed by atoms with Crippen LogP contribution in [-0.4, -0.2) is 22.1 Å². The minimum Gasteiger partial charge on any atom is -0.489 e. The third kappa shape index (κ3) is 6.06. The molecule has 2 heterocycles. The number of carbonyl (C=O) groups is 1. The van der Waals surface area contributed by atoms with Crippen molar-refractivity contribution in [2.45, 2.75) is 26.5 Å². The largest absolute Gasteiger partial charge is 0.489 e. The van der Waals surface area contributed by atoms with Gasteiger partial charge in [0.15, 0.2) is 4.80 Å². The van der Waals surface area contributed by atoms with Gasteiger partial charge in [-0.2, -0.15) is 0 Å². The molecule has 1 aromatic heterocycles. The number of nitro benzene ring substituents is 1. The second-order valence-corrected chi connectivity index (χ2v) is 11.1. The number of rotatable bonds is 8. The number of non-ortho nitro benzene ring substituents is 1. The van der Waals surface area contributed by atoms with Crippen LogP contribution in [0.4, 0.5) is 5.69 Å². The average molecular weight is 635 g/mol. The molecule has 9 nitrogen and oxygen atoms in total. The zero-order valence-corrected chi connectivity index (χ0v) is 24.5. The first-order valence-electron chi connectivity index (χ1n) is 12.7. The highest BCUT2D eigenvalue weighted by molar-refractivity contribution is 9.10. The van der Waals surface area contributed by atoms with Crippen molar-refractivity contribution in [1.82, 2.24) is 4.57 Å². The van der Waals surface area contributed by atoms with Gasteiger partial charge in [0.1, 0.15) is 12.4 Å². The number of esters is 1. The highest BCUT2D eigenvalue weighted by Gasteiger charge is 2.33. The van der Waals surface area contributed by atoms with Crippen molar-refractivity contribution >= 4 is 45.0 Å². The summed E-state index contributed by atoms with van der Waals surface area (Å²) >= 11 is 4.70. The molecular formula is C30H24BrN3O6S. The van der Waals surface area contributed by atoms with Crippen LogP contribution >= 0.6 is 27.3 Å². The van der Waals surface area contributed by atoms with Crippen LogP contribution in [0.15, 0.2) is 98.3 Å². The maximum Gasteiger partial charge on any atom is 0.338 e. The van der Waals surface area contributed by atoms with Gasteiger partial charge in [-0.3, -0.25) is 19.5 Å². The number of benzene rings is 3. The molecule has 1 aliphatic rings. The fourth-order valence-corrected chi connectivity index (χ4v) is 5.76. The number of nitrogens with zero attached hydrogens (tertiary/aromatic N) is 3. The van der Waals surface area contributed by atoms with Crippen LogP contribution < -0.4 is 19.6 Å². The zero-order valence-electron chi connectivity index (χ0n) is 22.1. The number of aromatic nitrogens is 1. The Labute approximate surface area is 247 Å². The van der Waals surface area contributed by atoms with Gasteiger partial charge in [0, 0.05) is 16.6 Å². The molecule has 0 fully saturated rings. The van der Waals surface area contributed by atoms with Gasteiger partial charge in [-0.05, 0) is 73.0 Å². The molecule has 41 heavy (non-hydrogen) atoms. The van der Waals surface area contributed by atoms with E-state index >= 15 is 0 Å². The van der Waals surface area contributed by atoms with E-state index < -0.39 is 16.9 Å². The summed E-state index contributed by atoms with van der Waals surface area (Å²) in [5.74, 6) is 0.118. The van der Waals surface area contributed by atoms with Gasteiger partial charge < -0.3 is 9.47 Å². The Bertz CT molecular complexity index is 1830. The van der Waals surface area contributed by atoms with Crippen LogP contribution in [0.5, 0.6) is 5.75 Å². The predicted octanol–water partition coefficient (Wildman–Crippen LogP) is 5.05. The highest BCUT2D eigenvalue weighted by Crippen LogP contribution is 2.31. The fraction of sp³-hybridized carbons (Fsp3) is 0.167. The van der Waals surface area contributed by atoms with Gasteiger partial charge in [-0.15, -0.1) is 0 Å². The fourth-order valence-electron chi connectivity index (χ4n) is 4.44. The molecule has 0 unspecified atom stereocenters. The third-order valence-corrected chi connectivity index (χ3v) is 7.94. The molecule has 0 amide bonds. The van der Waals surface area contributed by atoms with E-state index in [-0.39, 0.29) is 24.5 Å². The Morgan fingerprint density at radius 2 is 1.78 bits per heavy atom. The molecule has 1 atom stereocenters. The van der Waals surface area contributed by atoms with Crippen molar-refractivity contribution in [2.24, 2.45) is 4.99 Å². The number of thiazole rings is 1. The molecule has 4 aromatic rings. The van der Waals surface area contributed by atoms with Gasteiger partial charge in [0.2, 0.25) is 0 Å². The molecule has 0 saturated heterocycles. The zero-order chi connectivity index (χ0) is 29.1. The molecule has 11 heteroatoms. The molecule has 3 aromatic carbocycles. The van der Waals surface area contributed by atoms with E-state index in [1.807, 2.05) is 36.4 Å². The summed E-state index contributed by atoms with van der Waals surface area (Å²) < 4.78 is 14.1. The average Bonchev–Trinajstić information content (AvgIpc) is 3.26. The van der Waals surface area contributed by atoms with Crippen LogP contribution in [0, 0.1) is 10.1 Å². The topological polar surface area (TPSA) is 113 Å². The summed E-state index contributed by atoms with van der Waals surface area (Å²) in [6.07, 6.45) is 1.78. The molecular weight excluding hydrogens is 610 g/mol. The lowest BCUT2D eigenvalue weighted by molar-refractivity contribution is -0.384. The molecule has 0 aliphatic carbocycles. The van der Waals surface area contributed by atoms with E-state index in [0.29, 0.717) is 26.4 Å². The monoisotopic (exact) mass is 633 g/mol. The van der Waals surface area contributed by atoms with Gasteiger partial charge >= 0.3 is 5.97 Å². The summed E-state index contributed by atoms with van der Waals surface area (Å²) in [5.41, 5.74) is 2.99. The van der Waals surface area contributed by atoms with Crippen LogP contribution in [0.3, 0.4) is 0 Å². The van der Waals surface area contributed by atoms with Gasteiger partial charge in [-0.1, -0.05) is 51.5 Å². The minimum atomic E-state index is -0.671. The number of hydrogen-bond acceptors (Lipinski definition) is 8. The van der Waals surface area contributed by atoms with Crippen LogP contribution in [0.25, 0.3) is 6.08 Å². The highest BCUT2D eigenvalue weighted by atomic mass is 79.9. The van der Waals surface area contributed by atoms with Crippen LogP contribution in [-0.2, 0) is 16.1 Å². The van der Waals surface area contributed by atoms with E-state index in [1.54, 1.807) is 48.8 Å². The summed E-state index contributed by atoms with van der Waals surface area (Å²) in [6.45, 7) is 3.96. The number of carbonyl (C=O) groups excluding carboxylic acids is 1. The van der Waals surface area contributed by atoms with Gasteiger partial charge in [-0.25, -0.2) is 9.79 Å². The van der Waals surface area contributed by atoms with Gasteiger partial charge in [0.05, 0.1) is 33.4 Å². The molecule has 0 N–H and O–H groups in total. The van der Waals surface area contributed by atoms with Crippen molar-refractivity contribution in [3.8, 4) is 5.75 Å². The molecule has 208 valence electrons. The molecule has 0 radical (unpaired) electrons. The molecule has 1 aliphatic heterocycles. The van der Waals surface area contributed by atoms with E-state index in [1.165, 1.54) is 23.5 Å². The van der Waals surface area contributed by atoms with Crippen molar-refractivity contribution in [3.63, 3.8) is 0 Å². The first kappa shape index (κ1) is 28.2. The molecule has 0 saturated carbocycles. The van der Waals surface area contributed by atoms with Crippen molar-refractivity contribution in [2.75, 3.05) is 6.61 Å². The summed E-state index contributed by atoms with van der Waals surface area (Å²) in [4.78, 5) is 42.2. The normalized spacial score (nSPS) is 14.8. The number of hydrogen-bond donors (Lipinski definition) is 0. The van der Waals surface area contributed by atoms with Crippen molar-refractivity contribution in [3.05, 3.63) is 135 Å². The Morgan fingerprint density at radius 3 is 2.41 bits per heavy atom. The summed E-state index contributed by atoms with van der Waals surface area (Å²) in [6, 6.07) is 20.3. The Morgan fingerprint density at radius 1 is 1.10 bits per heavy atom. The number of halogens is 1. The summed E-state index contributed by atoms with van der Waals surface area (Å²) in [5, 5.41) is 10.8. The smallest absolute Gasteiger partial charge is 0.338 e. The Kier molecular flexibility index (Phi) is 8.27. The third-order valence-electron chi connectivity index (χ3n) is 6.43. The summed E-state index contributed by atoms with van der Waals surface area (Å²) in [7, 11) is 0. The molecule has 0 spiro atoms. The minimum absolute atomic E-state index is 0.0267. The van der Waals surface area contributed by atoms with Crippen LogP contribution in [0.1, 0.15) is 36.6 Å². The van der Waals surface area contributed by atoms with Crippen LogP contribution in [0.2, 0.25) is 0 Å². The maximum atomic E-state index is 13.7. The van der Waals surface area contributed by atoms with Crippen molar-refractivity contribution < 1.29 is 19.2 Å².